The highest BCUT2D eigenvalue weighted by Gasteiger charge is 2.27. The molecular formula is C14H18N4O4S. The first kappa shape index (κ1) is 15.7. The molecule has 2 aromatic rings. The zero-order chi connectivity index (χ0) is 16.4. The number of sulfone groups is 1. The van der Waals surface area contributed by atoms with E-state index in [2.05, 4.69) is 10.1 Å². The number of furan rings is 1. The predicted molar refractivity (Wildman–Crippen MR) is 81.5 cm³/mol. The zero-order valence-corrected chi connectivity index (χ0v) is 13.6. The van der Waals surface area contributed by atoms with E-state index in [9.17, 15) is 13.2 Å². The molecule has 1 aliphatic rings. The zero-order valence-electron chi connectivity index (χ0n) is 12.8. The maximum Gasteiger partial charge on any atom is 0.289 e. The standard InChI is InChI=1S/C14H18N4O4S/c1-23(20,21)8-12-4-5-13(22-12)14(19)17-6-2-3-11(7-17)18-10-15-9-16-18/h4-5,9-11H,2-3,6-8H2,1H3/t11-/m0/s1. The third kappa shape index (κ3) is 3.79. The minimum absolute atomic E-state index is 0.0978. The van der Waals surface area contributed by atoms with Crippen molar-refractivity contribution in [2.24, 2.45) is 0 Å². The number of nitrogens with zero attached hydrogens (tertiary/aromatic N) is 4. The van der Waals surface area contributed by atoms with Crippen molar-refractivity contribution in [1.29, 1.82) is 0 Å². The lowest BCUT2D eigenvalue weighted by Crippen LogP contribution is -2.40. The molecule has 1 amide bonds. The van der Waals surface area contributed by atoms with Crippen LogP contribution >= 0.6 is 0 Å². The van der Waals surface area contributed by atoms with Gasteiger partial charge in [0, 0.05) is 19.3 Å². The van der Waals surface area contributed by atoms with E-state index in [-0.39, 0.29) is 29.2 Å². The highest BCUT2D eigenvalue weighted by atomic mass is 32.2. The smallest absolute Gasteiger partial charge is 0.289 e. The molecule has 1 atom stereocenters. The Hall–Kier alpha value is -2.16. The van der Waals surface area contributed by atoms with Crippen LogP contribution in [0, 0.1) is 0 Å². The van der Waals surface area contributed by atoms with Gasteiger partial charge in [-0.2, -0.15) is 5.10 Å². The summed E-state index contributed by atoms with van der Waals surface area (Å²) in [4.78, 5) is 18.2. The molecule has 0 unspecified atom stereocenters. The minimum Gasteiger partial charge on any atom is -0.455 e. The molecule has 0 bridgehead atoms. The lowest BCUT2D eigenvalue weighted by molar-refractivity contribution is 0.0639. The number of amides is 1. The Morgan fingerprint density at radius 1 is 1.43 bits per heavy atom. The topological polar surface area (TPSA) is 98.3 Å². The van der Waals surface area contributed by atoms with Crippen molar-refractivity contribution >= 4 is 15.7 Å². The SMILES string of the molecule is CS(=O)(=O)Cc1ccc(C(=O)N2CCC[C@H](n3cncn3)C2)o1. The first-order valence-corrected chi connectivity index (χ1v) is 9.38. The van der Waals surface area contributed by atoms with Gasteiger partial charge in [-0.25, -0.2) is 18.1 Å². The van der Waals surface area contributed by atoms with Gasteiger partial charge >= 0.3 is 0 Å². The summed E-state index contributed by atoms with van der Waals surface area (Å²) in [5, 5.41) is 4.13. The third-order valence-corrected chi connectivity index (χ3v) is 4.58. The fourth-order valence-electron chi connectivity index (χ4n) is 2.75. The van der Waals surface area contributed by atoms with Crippen LogP contribution in [-0.4, -0.2) is 53.3 Å². The molecule has 9 heteroatoms. The fraction of sp³-hybridized carbons (Fsp3) is 0.500. The van der Waals surface area contributed by atoms with Crippen molar-refractivity contribution in [3.05, 3.63) is 36.3 Å². The molecule has 1 fully saturated rings. The van der Waals surface area contributed by atoms with Gasteiger partial charge in [-0.05, 0) is 25.0 Å². The van der Waals surface area contributed by atoms with Crippen LogP contribution in [0.15, 0.2) is 29.2 Å². The number of hydrogen-bond donors (Lipinski definition) is 0. The number of rotatable bonds is 4. The molecule has 8 nitrogen and oxygen atoms in total. The summed E-state index contributed by atoms with van der Waals surface area (Å²) in [6, 6.07) is 3.16. The average Bonchev–Trinajstić information content (AvgIpc) is 3.16. The van der Waals surface area contributed by atoms with Gasteiger partial charge in [0.2, 0.25) is 0 Å². The van der Waals surface area contributed by atoms with Gasteiger partial charge in [0.25, 0.3) is 5.91 Å². The maximum atomic E-state index is 12.5. The highest BCUT2D eigenvalue weighted by Crippen LogP contribution is 2.22. The molecule has 0 aliphatic carbocycles. The van der Waals surface area contributed by atoms with Crippen LogP contribution < -0.4 is 0 Å². The number of carbonyl (C=O) groups is 1. The Morgan fingerprint density at radius 3 is 2.96 bits per heavy atom. The van der Waals surface area contributed by atoms with Crippen LogP contribution in [0.1, 0.15) is 35.2 Å². The van der Waals surface area contributed by atoms with Crippen molar-refractivity contribution in [2.75, 3.05) is 19.3 Å². The van der Waals surface area contributed by atoms with E-state index in [0.717, 1.165) is 19.1 Å². The molecular weight excluding hydrogens is 320 g/mol. The Bertz CT molecular complexity index is 782. The largest absolute Gasteiger partial charge is 0.455 e. The molecule has 0 N–H and O–H groups in total. The second kappa shape index (κ2) is 6.15. The summed E-state index contributed by atoms with van der Waals surface area (Å²) in [5.41, 5.74) is 0. The monoisotopic (exact) mass is 338 g/mol. The van der Waals surface area contributed by atoms with Crippen LogP contribution in [0.5, 0.6) is 0 Å². The van der Waals surface area contributed by atoms with Crippen molar-refractivity contribution in [1.82, 2.24) is 19.7 Å². The van der Waals surface area contributed by atoms with E-state index in [1.54, 1.807) is 15.9 Å². The molecule has 2 aromatic heterocycles. The summed E-state index contributed by atoms with van der Waals surface area (Å²) in [6.07, 6.45) is 6.06. The van der Waals surface area contributed by atoms with Crippen LogP contribution in [0.25, 0.3) is 0 Å². The molecule has 23 heavy (non-hydrogen) atoms. The number of piperidine rings is 1. The fourth-order valence-corrected chi connectivity index (χ4v) is 3.42. The Morgan fingerprint density at radius 2 is 2.26 bits per heavy atom. The van der Waals surface area contributed by atoms with Crippen molar-refractivity contribution in [3.63, 3.8) is 0 Å². The normalized spacial score (nSPS) is 19.0. The van der Waals surface area contributed by atoms with Crippen molar-refractivity contribution < 1.29 is 17.6 Å². The Balaban J connectivity index is 1.70. The number of carbonyl (C=O) groups excluding carboxylic acids is 1. The van der Waals surface area contributed by atoms with E-state index in [0.29, 0.717) is 13.1 Å². The van der Waals surface area contributed by atoms with E-state index in [1.807, 2.05) is 0 Å². The summed E-state index contributed by atoms with van der Waals surface area (Å²) < 4.78 is 29.7. The molecule has 3 rings (SSSR count). The summed E-state index contributed by atoms with van der Waals surface area (Å²) in [7, 11) is -3.19. The second-order valence-electron chi connectivity index (χ2n) is 5.76. The van der Waals surface area contributed by atoms with Gasteiger partial charge in [0.05, 0.1) is 6.04 Å². The van der Waals surface area contributed by atoms with Crippen LogP contribution in [0.2, 0.25) is 0 Å². The molecule has 0 aromatic carbocycles. The number of hydrogen-bond acceptors (Lipinski definition) is 6. The van der Waals surface area contributed by atoms with Crippen molar-refractivity contribution in [2.45, 2.75) is 24.6 Å². The summed E-state index contributed by atoms with van der Waals surface area (Å²) in [6.45, 7) is 1.18. The van der Waals surface area contributed by atoms with E-state index >= 15 is 0 Å². The highest BCUT2D eigenvalue weighted by molar-refractivity contribution is 7.89. The first-order valence-electron chi connectivity index (χ1n) is 7.32. The molecule has 1 saturated heterocycles. The van der Waals surface area contributed by atoms with Gasteiger partial charge in [-0.15, -0.1) is 0 Å². The van der Waals surface area contributed by atoms with Gasteiger partial charge in [0.15, 0.2) is 15.6 Å². The second-order valence-corrected chi connectivity index (χ2v) is 7.90. The maximum absolute atomic E-state index is 12.5. The molecule has 0 spiro atoms. The lowest BCUT2D eigenvalue weighted by Gasteiger charge is -2.32. The van der Waals surface area contributed by atoms with E-state index < -0.39 is 9.84 Å². The van der Waals surface area contributed by atoms with Gasteiger partial charge < -0.3 is 9.32 Å². The molecule has 0 saturated carbocycles. The number of aromatic nitrogens is 3. The van der Waals surface area contributed by atoms with Crippen LogP contribution in [-0.2, 0) is 15.6 Å². The van der Waals surface area contributed by atoms with Crippen LogP contribution in [0.4, 0.5) is 0 Å². The quantitative estimate of drug-likeness (QED) is 0.821. The number of likely N-dealkylation sites (tertiary alicyclic amines) is 1. The van der Waals surface area contributed by atoms with E-state index in [1.165, 1.54) is 18.5 Å². The lowest BCUT2D eigenvalue weighted by atomic mass is 10.1. The van der Waals surface area contributed by atoms with Gasteiger partial charge in [-0.3, -0.25) is 4.79 Å². The minimum atomic E-state index is -3.19. The van der Waals surface area contributed by atoms with Crippen molar-refractivity contribution in [3.8, 4) is 0 Å². The predicted octanol–water partition coefficient (Wildman–Crippen LogP) is 0.893. The van der Waals surface area contributed by atoms with Gasteiger partial charge in [0.1, 0.15) is 24.2 Å². The summed E-state index contributed by atoms with van der Waals surface area (Å²) >= 11 is 0. The Labute approximate surface area is 134 Å². The first-order chi connectivity index (χ1) is 10.9. The summed E-state index contributed by atoms with van der Waals surface area (Å²) in [5.74, 6) is 0.0140. The average molecular weight is 338 g/mol. The van der Waals surface area contributed by atoms with Gasteiger partial charge in [-0.1, -0.05) is 0 Å². The molecule has 3 heterocycles. The molecule has 0 radical (unpaired) electrons. The van der Waals surface area contributed by atoms with Crippen LogP contribution in [0.3, 0.4) is 0 Å². The molecule has 1 aliphatic heterocycles. The molecule has 124 valence electrons. The third-order valence-electron chi connectivity index (χ3n) is 3.77. The van der Waals surface area contributed by atoms with E-state index in [4.69, 9.17) is 4.42 Å². The Kier molecular flexibility index (Phi) is 4.20.